The second-order valence-electron chi connectivity index (χ2n) is 11.0. The molecule has 1 aliphatic rings. The summed E-state index contributed by atoms with van der Waals surface area (Å²) in [5.41, 5.74) is 4.68. The van der Waals surface area contributed by atoms with Gasteiger partial charge in [-0.05, 0) is 35.4 Å². The van der Waals surface area contributed by atoms with Crippen molar-refractivity contribution in [2.75, 3.05) is 33.3 Å². The summed E-state index contributed by atoms with van der Waals surface area (Å²) in [4.78, 5) is 27.0. The zero-order valence-corrected chi connectivity index (χ0v) is 27.5. The number of benzene rings is 3. The maximum atomic E-state index is 13.6. The van der Waals surface area contributed by atoms with Crippen molar-refractivity contribution in [1.29, 1.82) is 0 Å². The Kier molecular flexibility index (Phi) is 9.36. The summed E-state index contributed by atoms with van der Waals surface area (Å²) < 4.78 is 7.66. The lowest BCUT2D eigenvalue weighted by Gasteiger charge is -2.39. The quantitative estimate of drug-likeness (QED) is 0.151. The number of hydrogen-bond acceptors (Lipinski definition) is 9. The highest BCUT2D eigenvalue weighted by Crippen LogP contribution is 2.34. The number of pyridine rings is 1. The van der Waals surface area contributed by atoms with Crippen molar-refractivity contribution in [3.8, 4) is 22.8 Å². The summed E-state index contributed by atoms with van der Waals surface area (Å²) >= 11 is 3.01. The number of carbonyl (C=O) groups is 1. The molecule has 0 unspecified atom stereocenters. The number of methoxy groups -OCH3 is 1. The van der Waals surface area contributed by atoms with E-state index >= 15 is 0 Å². The number of piperazine rings is 1. The molecule has 0 atom stereocenters. The van der Waals surface area contributed by atoms with Gasteiger partial charge in [0.2, 0.25) is 0 Å². The lowest BCUT2D eigenvalue weighted by atomic mass is 9.96. The SMILES string of the molecule is COc1ccccc1-n1c(SCc2nc(C(=O)N3CCN(C(c4ccccc4)c4ccccc4)CC3)cs2)nnc1-c1cccnc1. The van der Waals surface area contributed by atoms with Gasteiger partial charge >= 0.3 is 0 Å². The Balaban J connectivity index is 1.04. The number of thioether (sulfide) groups is 1. The maximum absolute atomic E-state index is 13.6. The van der Waals surface area contributed by atoms with Crippen molar-refractivity contribution >= 4 is 29.0 Å². The highest BCUT2D eigenvalue weighted by molar-refractivity contribution is 7.98. The molecule has 1 aliphatic heterocycles. The molecule has 11 heteroatoms. The molecule has 0 aliphatic carbocycles. The number of hydrogen-bond donors (Lipinski definition) is 0. The van der Waals surface area contributed by atoms with E-state index in [0.29, 0.717) is 41.3 Å². The Labute approximate surface area is 281 Å². The van der Waals surface area contributed by atoms with Crippen molar-refractivity contribution in [1.82, 2.24) is 34.5 Å². The second kappa shape index (κ2) is 14.3. The number of ether oxygens (including phenoxy) is 1. The third kappa shape index (κ3) is 6.69. The van der Waals surface area contributed by atoms with Crippen LogP contribution < -0.4 is 4.74 Å². The fraction of sp³-hybridized carbons (Fsp3) is 0.194. The zero-order chi connectivity index (χ0) is 32.0. The molecule has 0 radical (unpaired) electrons. The number of rotatable bonds is 10. The van der Waals surface area contributed by atoms with E-state index in [2.05, 4.69) is 68.6 Å². The van der Waals surface area contributed by atoms with Gasteiger partial charge in [0.05, 0.1) is 24.6 Å². The third-order valence-corrected chi connectivity index (χ3v) is 10.1. The van der Waals surface area contributed by atoms with Gasteiger partial charge in [-0.25, -0.2) is 4.98 Å². The molecule has 0 N–H and O–H groups in total. The molecule has 9 nitrogen and oxygen atoms in total. The minimum atomic E-state index is -0.0239. The molecule has 1 amide bonds. The van der Waals surface area contributed by atoms with Crippen molar-refractivity contribution in [3.05, 3.63) is 137 Å². The van der Waals surface area contributed by atoms with E-state index in [1.165, 1.54) is 34.2 Å². The molecule has 0 bridgehead atoms. The Morgan fingerprint density at radius 3 is 2.26 bits per heavy atom. The van der Waals surface area contributed by atoms with Gasteiger partial charge in [0.25, 0.3) is 5.91 Å². The first-order chi connectivity index (χ1) is 23.2. The van der Waals surface area contributed by atoms with Gasteiger partial charge in [-0.1, -0.05) is 84.6 Å². The fourth-order valence-corrected chi connectivity index (χ4v) is 7.64. The van der Waals surface area contributed by atoms with E-state index in [4.69, 9.17) is 9.72 Å². The first-order valence-corrected chi connectivity index (χ1v) is 17.3. The van der Waals surface area contributed by atoms with Gasteiger partial charge in [-0.2, -0.15) is 0 Å². The number of thiazole rings is 1. The van der Waals surface area contributed by atoms with E-state index in [-0.39, 0.29) is 11.9 Å². The van der Waals surface area contributed by atoms with Crippen molar-refractivity contribution in [3.63, 3.8) is 0 Å². The minimum Gasteiger partial charge on any atom is -0.495 e. The van der Waals surface area contributed by atoms with E-state index in [0.717, 1.165) is 29.3 Å². The van der Waals surface area contributed by atoms with Gasteiger partial charge in [-0.15, -0.1) is 21.5 Å². The Bertz CT molecular complexity index is 1890. The van der Waals surface area contributed by atoms with E-state index in [9.17, 15) is 4.79 Å². The summed E-state index contributed by atoms with van der Waals surface area (Å²) in [6.07, 6.45) is 3.50. The van der Waals surface area contributed by atoms with Crippen LogP contribution in [0.25, 0.3) is 17.1 Å². The monoisotopic (exact) mass is 659 g/mol. The van der Waals surface area contributed by atoms with Gasteiger partial charge in [0.1, 0.15) is 16.5 Å². The van der Waals surface area contributed by atoms with Crippen molar-refractivity contribution < 1.29 is 9.53 Å². The maximum Gasteiger partial charge on any atom is 0.273 e. The van der Waals surface area contributed by atoms with Crippen LogP contribution >= 0.6 is 23.1 Å². The minimum absolute atomic E-state index is 0.0239. The molecule has 0 spiro atoms. The Hall–Kier alpha value is -4.84. The van der Waals surface area contributed by atoms with Crippen LogP contribution in [0.2, 0.25) is 0 Å². The lowest BCUT2D eigenvalue weighted by Crippen LogP contribution is -2.50. The van der Waals surface area contributed by atoms with Crippen molar-refractivity contribution in [2.24, 2.45) is 0 Å². The van der Waals surface area contributed by atoms with E-state index < -0.39 is 0 Å². The molecule has 47 heavy (non-hydrogen) atoms. The van der Waals surface area contributed by atoms with Crippen LogP contribution in [0.4, 0.5) is 0 Å². The van der Waals surface area contributed by atoms with Gasteiger partial charge in [-0.3, -0.25) is 19.2 Å². The molecular formula is C36H33N7O2S2. The number of amides is 1. The van der Waals surface area contributed by atoms with Crippen LogP contribution in [-0.4, -0.2) is 73.7 Å². The highest BCUT2D eigenvalue weighted by atomic mass is 32.2. The van der Waals surface area contributed by atoms with Gasteiger partial charge < -0.3 is 9.64 Å². The Morgan fingerprint density at radius 2 is 1.57 bits per heavy atom. The van der Waals surface area contributed by atoms with Gasteiger partial charge in [0, 0.05) is 49.5 Å². The van der Waals surface area contributed by atoms with Crippen LogP contribution in [0, 0.1) is 0 Å². The topological polar surface area (TPSA) is 89.3 Å². The van der Waals surface area contributed by atoms with Crippen LogP contribution in [0.3, 0.4) is 0 Å². The second-order valence-corrected chi connectivity index (χ2v) is 12.9. The average Bonchev–Trinajstić information content (AvgIpc) is 3.80. The zero-order valence-electron chi connectivity index (χ0n) is 25.8. The molecular weight excluding hydrogens is 627 g/mol. The molecule has 1 fully saturated rings. The first kappa shape index (κ1) is 30.8. The lowest BCUT2D eigenvalue weighted by molar-refractivity contribution is 0.0592. The van der Waals surface area contributed by atoms with Crippen LogP contribution in [0.15, 0.2) is 120 Å². The summed E-state index contributed by atoms with van der Waals surface area (Å²) in [7, 11) is 1.65. The predicted octanol–water partition coefficient (Wildman–Crippen LogP) is 6.63. The molecule has 7 rings (SSSR count). The fourth-order valence-electron chi connectivity index (χ4n) is 5.91. The molecule has 3 aromatic carbocycles. The number of aromatic nitrogens is 5. The molecule has 3 aromatic heterocycles. The largest absolute Gasteiger partial charge is 0.495 e. The summed E-state index contributed by atoms with van der Waals surface area (Å²) in [5.74, 6) is 1.90. The van der Waals surface area contributed by atoms with E-state index in [1.807, 2.05) is 63.4 Å². The first-order valence-electron chi connectivity index (χ1n) is 15.4. The molecule has 6 aromatic rings. The summed E-state index contributed by atoms with van der Waals surface area (Å²) in [5, 5.41) is 12.5. The summed E-state index contributed by atoms with van der Waals surface area (Å²) in [6, 6.07) is 33.0. The van der Waals surface area contributed by atoms with Crippen LogP contribution in [-0.2, 0) is 5.75 Å². The Morgan fingerprint density at radius 1 is 0.872 bits per heavy atom. The highest BCUT2D eigenvalue weighted by Gasteiger charge is 2.29. The van der Waals surface area contributed by atoms with Crippen LogP contribution in [0.5, 0.6) is 5.75 Å². The number of nitrogens with zero attached hydrogens (tertiary/aromatic N) is 7. The molecule has 0 saturated carbocycles. The van der Waals surface area contributed by atoms with Crippen molar-refractivity contribution in [2.45, 2.75) is 17.0 Å². The predicted molar refractivity (Wildman–Crippen MR) is 185 cm³/mol. The number of para-hydroxylation sites is 2. The standard InChI is InChI=1S/C36H33N7O2S2/c1-45-31-17-9-8-16-30(31)43-34(28-15-10-18-37-23-28)39-40-36(43)47-25-32-38-29(24-46-32)35(44)42-21-19-41(20-22-42)33(26-11-4-2-5-12-26)27-13-6-3-7-14-27/h2-18,23-24,33H,19-22,25H2,1H3. The normalized spacial score (nSPS) is 13.6. The summed E-state index contributed by atoms with van der Waals surface area (Å²) in [6.45, 7) is 2.86. The smallest absolute Gasteiger partial charge is 0.273 e. The third-order valence-electron chi connectivity index (χ3n) is 8.17. The molecule has 1 saturated heterocycles. The van der Waals surface area contributed by atoms with E-state index in [1.54, 1.807) is 19.5 Å². The molecule has 236 valence electrons. The molecule has 4 heterocycles. The average molecular weight is 660 g/mol. The van der Waals surface area contributed by atoms with Gasteiger partial charge in [0.15, 0.2) is 11.0 Å². The van der Waals surface area contributed by atoms with Crippen LogP contribution in [0.1, 0.15) is 32.7 Å². The number of carbonyl (C=O) groups excluding carboxylic acids is 1.